The van der Waals surface area contributed by atoms with E-state index in [1.165, 1.54) is 0 Å². The molecule has 0 aliphatic heterocycles. The number of alkyl halides is 8. The summed E-state index contributed by atoms with van der Waals surface area (Å²) in [6.45, 7) is 0. The standard InChI is InChI=1S/C8H2F9NO/c9-3-1-2(5(10)11)4(7(12,13)14)6(18-3)19-8(15,16)17/h1,5H. The lowest BCUT2D eigenvalue weighted by molar-refractivity contribution is -0.278. The number of hydrogen-bond donors (Lipinski definition) is 0. The van der Waals surface area contributed by atoms with Crippen LogP contribution in [0.2, 0.25) is 0 Å². The van der Waals surface area contributed by atoms with Crippen LogP contribution in [0.4, 0.5) is 39.5 Å². The number of rotatable bonds is 2. The molecule has 0 unspecified atom stereocenters. The zero-order valence-electron chi connectivity index (χ0n) is 8.41. The molecule has 1 heterocycles. The first-order valence-electron chi connectivity index (χ1n) is 4.23. The summed E-state index contributed by atoms with van der Waals surface area (Å²) in [4.78, 5) is 2.21. The van der Waals surface area contributed by atoms with Gasteiger partial charge in [-0.2, -0.15) is 22.5 Å². The van der Waals surface area contributed by atoms with Crippen molar-refractivity contribution in [1.82, 2.24) is 4.98 Å². The van der Waals surface area contributed by atoms with Crippen molar-refractivity contribution in [3.05, 3.63) is 23.1 Å². The Morgan fingerprint density at radius 2 is 1.58 bits per heavy atom. The van der Waals surface area contributed by atoms with E-state index in [-0.39, 0.29) is 6.07 Å². The minimum atomic E-state index is -5.64. The van der Waals surface area contributed by atoms with Gasteiger partial charge in [0, 0.05) is 11.6 Å². The van der Waals surface area contributed by atoms with Crippen LogP contribution >= 0.6 is 0 Å². The predicted molar refractivity (Wildman–Crippen MR) is 40.8 cm³/mol. The third-order valence-corrected chi connectivity index (χ3v) is 1.72. The molecule has 108 valence electrons. The molecule has 0 N–H and O–H groups in total. The molecule has 19 heavy (non-hydrogen) atoms. The Labute approximate surface area is 98.3 Å². The Bertz CT molecular complexity index is 465. The van der Waals surface area contributed by atoms with E-state index >= 15 is 0 Å². The maximum Gasteiger partial charge on any atom is 0.574 e. The van der Waals surface area contributed by atoms with Gasteiger partial charge in [0.1, 0.15) is 5.56 Å². The third-order valence-electron chi connectivity index (χ3n) is 1.72. The van der Waals surface area contributed by atoms with Gasteiger partial charge in [-0.1, -0.05) is 0 Å². The molecule has 2 nitrogen and oxygen atoms in total. The molecular formula is C8H2F9NO. The first-order valence-corrected chi connectivity index (χ1v) is 4.23. The molecule has 0 aliphatic carbocycles. The van der Waals surface area contributed by atoms with E-state index in [0.717, 1.165) is 0 Å². The summed E-state index contributed by atoms with van der Waals surface area (Å²) >= 11 is 0. The average Bonchev–Trinajstić information content (AvgIpc) is 2.10. The summed E-state index contributed by atoms with van der Waals surface area (Å²) in [5.74, 6) is -4.27. The highest BCUT2D eigenvalue weighted by Crippen LogP contribution is 2.42. The highest BCUT2D eigenvalue weighted by atomic mass is 19.4. The highest BCUT2D eigenvalue weighted by molar-refractivity contribution is 5.38. The Kier molecular flexibility index (Phi) is 3.87. The van der Waals surface area contributed by atoms with Crippen molar-refractivity contribution in [3.63, 3.8) is 0 Å². The third kappa shape index (κ3) is 3.89. The van der Waals surface area contributed by atoms with Crippen molar-refractivity contribution in [1.29, 1.82) is 0 Å². The summed E-state index contributed by atoms with van der Waals surface area (Å²) in [6.07, 6.45) is -15.1. The van der Waals surface area contributed by atoms with Crippen molar-refractivity contribution in [2.24, 2.45) is 0 Å². The quantitative estimate of drug-likeness (QED) is 0.606. The Hall–Kier alpha value is -1.68. The normalized spacial score (nSPS) is 12.9. The molecule has 1 rings (SSSR count). The molecule has 0 aromatic carbocycles. The van der Waals surface area contributed by atoms with E-state index in [1.54, 1.807) is 0 Å². The van der Waals surface area contributed by atoms with Gasteiger partial charge in [-0.3, -0.25) is 0 Å². The molecule has 0 aliphatic rings. The minimum Gasteiger partial charge on any atom is -0.387 e. The highest BCUT2D eigenvalue weighted by Gasteiger charge is 2.44. The number of ether oxygens (including phenoxy) is 1. The van der Waals surface area contributed by atoms with Crippen LogP contribution in [0, 0.1) is 5.95 Å². The minimum absolute atomic E-state index is 0.309. The summed E-state index contributed by atoms with van der Waals surface area (Å²) in [5.41, 5.74) is -4.46. The van der Waals surface area contributed by atoms with E-state index in [1.807, 2.05) is 0 Å². The fraction of sp³-hybridized carbons (Fsp3) is 0.375. The summed E-state index contributed by atoms with van der Waals surface area (Å²) in [7, 11) is 0. The molecule has 0 saturated heterocycles. The van der Waals surface area contributed by atoms with Crippen molar-refractivity contribution in [2.75, 3.05) is 0 Å². The van der Waals surface area contributed by atoms with Crippen LogP contribution < -0.4 is 4.74 Å². The first kappa shape index (κ1) is 15.4. The molecule has 1 aromatic heterocycles. The maximum absolute atomic E-state index is 12.7. The van der Waals surface area contributed by atoms with Gasteiger partial charge in [0.25, 0.3) is 6.43 Å². The van der Waals surface area contributed by atoms with Crippen molar-refractivity contribution in [2.45, 2.75) is 19.0 Å². The summed E-state index contributed by atoms with van der Waals surface area (Å²) < 4.78 is 113. The lowest BCUT2D eigenvalue weighted by atomic mass is 10.1. The number of pyridine rings is 1. The summed E-state index contributed by atoms with van der Waals surface area (Å²) in [5, 5.41) is 0. The number of hydrogen-bond acceptors (Lipinski definition) is 2. The summed E-state index contributed by atoms with van der Waals surface area (Å²) in [6, 6.07) is -0.309. The van der Waals surface area contributed by atoms with Crippen molar-refractivity contribution < 1.29 is 44.3 Å². The van der Waals surface area contributed by atoms with Gasteiger partial charge in [0.2, 0.25) is 11.8 Å². The molecule has 1 aromatic rings. The molecule has 0 fully saturated rings. The maximum atomic E-state index is 12.7. The van der Waals surface area contributed by atoms with Crippen LogP contribution in [-0.4, -0.2) is 11.3 Å². The van der Waals surface area contributed by atoms with Gasteiger partial charge in [-0.05, 0) is 0 Å². The molecular weight excluding hydrogens is 297 g/mol. The Balaban J connectivity index is 3.52. The fourth-order valence-corrected chi connectivity index (χ4v) is 1.15. The fourth-order valence-electron chi connectivity index (χ4n) is 1.15. The van der Waals surface area contributed by atoms with Crippen LogP contribution in [0.3, 0.4) is 0 Å². The monoisotopic (exact) mass is 299 g/mol. The molecule has 0 bridgehead atoms. The van der Waals surface area contributed by atoms with E-state index in [4.69, 9.17) is 0 Å². The molecule has 0 amide bonds. The van der Waals surface area contributed by atoms with Crippen LogP contribution in [-0.2, 0) is 6.18 Å². The van der Waals surface area contributed by atoms with Gasteiger partial charge >= 0.3 is 12.5 Å². The zero-order valence-corrected chi connectivity index (χ0v) is 8.41. The molecule has 0 spiro atoms. The molecule has 0 radical (unpaired) electrons. The SMILES string of the molecule is Fc1cc(C(F)F)c(C(F)(F)F)c(OC(F)(F)F)n1. The van der Waals surface area contributed by atoms with Gasteiger partial charge < -0.3 is 4.74 Å². The van der Waals surface area contributed by atoms with Crippen molar-refractivity contribution in [3.8, 4) is 5.88 Å². The largest absolute Gasteiger partial charge is 0.574 e. The molecule has 0 atom stereocenters. The Morgan fingerprint density at radius 1 is 1.05 bits per heavy atom. The van der Waals surface area contributed by atoms with E-state index < -0.39 is 41.9 Å². The predicted octanol–water partition coefficient (Wildman–Crippen LogP) is 4.08. The Morgan fingerprint density at radius 3 is 1.95 bits per heavy atom. The van der Waals surface area contributed by atoms with Crippen molar-refractivity contribution >= 4 is 0 Å². The second kappa shape index (κ2) is 4.78. The topological polar surface area (TPSA) is 22.1 Å². The second-order valence-corrected chi connectivity index (χ2v) is 3.06. The first-order chi connectivity index (χ1) is 8.42. The van der Waals surface area contributed by atoms with E-state index in [0.29, 0.717) is 0 Å². The van der Waals surface area contributed by atoms with Gasteiger partial charge in [-0.25, -0.2) is 8.78 Å². The number of nitrogens with zero attached hydrogens (tertiary/aromatic N) is 1. The van der Waals surface area contributed by atoms with Crippen LogP contribution in [0.25, 0.3) is 0 Å². The van der Waals surface area contributed by atoms with Crippen LogP contribution in [0.15, 0.2) is 6.07 Å². The van der Waals surface area contributed by atoms with E-state index in [9.17, 15) is 39.5 Å². The van der Waals surface area contributed by atoms with Gasteiger partial charge in [-0.15, -0.1) is 13.2 Å². The lowest BCUT2D eigenvalue weighted by Crippen LogP contribution is -2.23. The van der Waals surface area contributed by atoms with Gasteiger partial charge in [0.05, 0.1) is 0 Å². The van der Waals surface area contributed by atoms with E-state index in [2.05, 4.69) is 9.72 Å². The van der Waals surface area contributed by atoms with Gasteiger partial charge in [0.15, 0.2) is 0 Å². The lowest BCUT2D eigenvalue weighted by Gasteiger charge is -2.17. The van der Waals surface area contributed by atoms with Crippen LogP contribution in [0.1, 0.15) is 17.6 Å². The smallest absolute Gasteiger partial charge is 0.387 e. The van der Waals surface area contributed by atoms with Crippen LogP contribution in [0.5, 0.6) is 5.88 Å². The zero-order chi connectivity index (χ0) is 15.0. The molecule has 11 heteroatoms. The average molecular weight is 299 g/mol. The number of halogens is 9. The number of aromatic nitrogens is 1. The molecule has 0 saturated carbocycles. The second-order valence-electron chi connectivity index (χ2n) is 3.06.